The van der Waals surface area contributed by atoms with Gasteiger partial charge in [-0.15, -0.1) is 0 Å². The number of likely N-dealkylation sites (N-methyl/N-ethyl adjacent to an activating group) is 1. The van der Waals surface area contributed by atoms with Gasteiger partial charge in [-0.1, -0.05) is 13.8 Å². The Bertz CT molecular complexity index is 977. The predicted octanol–water partition coefficient (Wildman–Crippen LogP) is 5.32. The second-order valence-corrected chi connectivity index (χ2v) is 10.9. The summed E-state index contributed by atoms with van der Waals surface area (Å²) in [5.41, 5.74) is 0.180. The molecule has 3 aliphatic carbocycles. The van der Waals surface area contributed by atoms with Gasteiger partial charge in [0, 0.05) is 30.1 Å². The maximum absolute atomic E-state index is 14.5. The Labute approximate surface area is 188 Å². The molecule has 2 unspecified atom stereocenters. The standard InChI is InChI=1S/C26H32F2N2O2/c1-25-13-12-19-17(8-11-22-26(19,2)14-21(28)24(32)30(22)3)18(25)9-10-20(25)23(31)29-16-6-4-15(27)5-7-16/h4-7,14,17-20,22H,8-13H2,1-3H3,(H,29,31)/t17-,18-,19+,20?,22?,25-,26+/m0/s1. The average molecular weight is 443 g/mol. The first-order valence-corrected chi connectivity index (χ1v) is 11.9. The van der Waals surface area contributed by atoms with Crippen molar-refractivity contribution in [3.63, 3.8) is 0 Å². The monoisotopic (exact) mass is 442 g/mol. The van der Waals surface area contributed by atoms with Gasteiger partial charge in [0.25, 0.3) is 5.91 Å². The molecule has 5 rings (SSSR count). The first-order valence-electron chi connectivity index (χ1n) is 11.9. The fourth-order valence-electron chi connectivity index (χ4n) is 8.02. The molecule has 1 aromatic rings. The van der Waals surface area contributed by atoms with E-state index < -0.39 is 11.7 Å². The van der Waals surface area contributed by atoms with E-state index in [0.29, 0.717) is 23.4 Å². The lowest BCUT2D eigenvalue weighted by molar-refractivity contribution is -0.144. The third kappa shape index (κ3) is 3.05. The van der Waals surface area contributed by atoms with Crippen LogP contribution in [0.15, 0.2) is 36.2 Å². The molecule has 0 bridgehead atoms. The minimum atomic E-state index is -0.622. The highest BCUT2D eigenvalue weighted by Crippen LogP contribution is 2.65. The zero-order valence-electron chi connectivity index (χ0n) is 19.0. The number of fused-ring (bicyclic) bond motifs is 5. The zero-order chi connectivity index (χ0) is 22.8. The Morgan fingerprint density at radius 3 is 2.47 bits per heavy atom. The largest absolute Gasteiger partial charge is 0.336 e. The predicted molar refractivity (Wildman–Crippen MR) is 119 cm³/mol. The van der Waals surface area contributed by atoms with Crippen LogP contribution in [0.3, 0.4) is 0 Å². The van der Waals surface area contributed by atoms with Gasteiger partial charge < -0.3 is 10.2 Å². The van der Waals surface area contributed by atoms with Crippen molar-refractivity contribution in [1.29, 1.82) is 0 Å². The number of hydrogen-bond acceptors (Lipinski definition) is 2. The van der Waals surface area contributed by atoms with Gasteiger partial charge in [-0.05, 0) is 92.0 Å². The highest BCUT2D eigenvalue weighted by molar-refractivity contribution is 5.93. The van der Waals surface area contributed by atoms with Crippen LogP contribution in [0.5, 0.6) is 0 Å². The van der Waals surface area contributed by atoms with Gasteiger partial charge in [0.15, 0.2) is 5.83 Å². The van der Waals surface area contributed by atoms with Crippen molar-refractivity contribution in [1.82, 2.24) is 4.90 Å². The maximum atomic E-state index is 14.5. The van der Waals surface area contributed by atoms with Crippen molar-refractivity contribution >= 4 is 17.5 Å². The number of rotatable bonds is 2. The lowest BCUT2D eigenvalue weighted by atomic mass is 9.47. The van der Waals surface area contributed by atoms with Crippen molar-refractivity contribution in [3.8, 4) is 0 Å². The molecular weight excluding hydrogens is 410 g/mol. The molecule has 3 saturated carbocycles. The lowest BCUT2D eigenvalue weighted by Crippen LogP contribution is -2.60. The number of nitrogens with zero attached hydrogens (tertiary/aromatic N) is 1. The van der Waals surface area contributed by atoms with Crippen LogP contribution in [0.1, 0.15) is 52.4 Å². The number of carbonyl (C=O) groups is 2. The summed E-state index contributed by atoms with van der Waals surface area (Å²) in [7, 11) is 1.73. The van der Waals surface area contributed by atoms with E-state index in [1.807, 2.05) is 0 Å². The second-order valence-electron chi connectivity index (χ2n) is 10.9. The Balaban J connectivity index is 1.38. The fraction of sp³-hybridized carbons (Fsp3) is 0.615. The average Bonchev–Trinajstić information content (AvgIpc) is 3.11. The Hall–Kier alpha value is -2.24. The van der Waals surface area contributed by atoms with Crippen LogP contribution < -0.4 is 5.32 Å². The molecule has 0 saturated heterocycles. The summed E-state index contributed by atoms with van der Waals surface area (Å²) in [6.07, 6.45) is 7.23. The molecule has 32 heavy (non-hydrogen) atoms. The van der Waals surface area contributed by atoms with Crippen LogP contribution >= 0.6 is 0 Å². The van der Waals surface area contributed by atoms with Gasteiger partial charge in [-0.3, -0.25) is 9.59 Å². The van der Waals surface area contributed by atoms with E-state index >= 15 is 0 Å². The van der Waals surface area contributed by atoms with Crippen molar-refractivity contribution in [2.75, 3.05) is 12.4 Å². The zero-order valence-corrected chi connectivity index (χ0v) is 19.0. The molecule has 1 aromatic carbocycles. The van der Waals surface area contributed by atoms with Crippen molar-refractivity contribution < 1.29 is 18.4 Å². The van der Waals surface area contributed by atoms with E-state index in [-0.39, 0.29) is 34.5 Å². The normalized spacial score (nSPS) is 40.8. The first kappa shape index (κ1) is 21.6. The van der Waals surface area contributed by atoms with Crippen LogP contribution in [-0.2, 0) is 9.59 Å². The summed E-state index contributed by atoms with van der Waals surface area (Å²) in [6.45, 7) is 4.39. The van der Waals surface area contributed by atoms with E-state index in [2.05, 4.69) is 19.2 Å². The third-order valence-corrected chi connectivity index (χ3v) is 9.59. The molecular formula is C26H32F2N2O2. The SMILES string of the molecule is CN1C(=O)C(F)=C[C@@]2(C)C1CC[C@@H]1[C@H]2CC[C@]2(C)C(C(=O)Nc3ccc(F)cc3)CC[C@@H]12. The summed E-state index contributed by atoms with van der Waals surface area (Å²) >= 11 is 0. The van der Waals surface area contributed by atoms with Crippen molar-refractivity contribution in [2.45, 2.75) is 58.4 Å². The molecule has 4 aliphatic rings. The molecule has 1 heterocycles. The second kappa shape index (κ2) is 7.39. The van der Waals surface area contributed by atoms with Crippen LogP contribution in [-0.4, -0.2) is 29.8 Å². The number of hydrogen-bond donors (Lipinski definition) is 1. The Morgan fingerprint density at radius 2 is 1.75 bits per heavy atom. The van der Waals surface area contributed by atoms with Crippen LogP contribution in [0.4, 0.5) is 14.5 Å². The smallest absolute Gasteiger partial charge is 0.282 e. The van der Waals surface area contributed by atoms with E-state index in [0.717, 1.165) is 38.5 Å². The Morgan fingerprint density at radius 1 is 1.03 bits per heavy atom. The minimum Gasteiger partial charge on any atom is -0.336 e. The van der Waals surface area contributed by atoms with Gasteiger partial charge in [0.1, 0.15) is 5.82 Å². The molecule has 7 atom stereocenters. The summed E-state index contributed by atoms with van der Waals surface area (Å²) in [4.78, 5) is 27.1. The number of amides is 2. The molecule has 2 amide bonds. The van der Waals surface area contributed by atoms with Crippen molar-refractivity contribution in [2.24, 2.45) is 34.5 Å². The number of nitrogens with one attached hydrogen (secondary N) is 1. The lowest BCUT2D eigenvalue weighted by Gasteiger charge is -2.60. The van der Waals surface area contributed by atoms with Crippen molar-refractivity contribution in [3.05, 3.63) is 42.0 Å². The van der Waals surface area contributed by atoms with Crippen LogP contribution in [0.2, 0.25) is 0 Å². The van der Waals surface area contributed by atoms with E-state index in [1.165, 1.54) is 12.1 Å². The topological polar surface area (TPSA) is 49.4 Å². The Kier molecular flexibility index (Phi) is 4.99. The van der Waals surface area contributed by atoms with E-state index in [4.69, 9.17) is 0 Å². The molecule has 3 fully saturated rings. The summed E-state index contributed by atoms with van der Waals surface area (Å²) in [6, 6.07) is 5.96. The van der Waals surface area contributed by atoms with Gasteiger partial charge in [-0.25, -0.2) is 8.78 Å². The molecule has 1 N–H and O–H groups in total. The fourth-order valence-corrected chi connectivity index (χ4v) is 8.02. The number of benzene rings is 1. The summed E-state index contributed by atoms with van der Waals surface area (Å²) in [5.74, 6) is -0.320. The molecule has 172 valence electrons. The number of carbonyl (C=O) groups excluding carboxylic acids is 2. The van der Waals surface area contributed by atoms with Gasteiger partial charge in [-0.2, -0.15) is 0 Å². The molecule has 6 heteroatoms. The molecule has 0 spiro atoms. The quantitative estimate of drug-likeness (QED) is 0.674. The molecule has 0 aromatic heterocycles. The molecule has 1 aliphatic heterocycles. The number of anilines is 1. The first-order chi connectivity index (χ1) is 15.1. The number of halogens is 2. The van der Waals surface area contributed by atoms with Crippen LogP contribution in [0.25, 0.3) is 0 Å². The molecule has 0 radical (unpaired) electrons. The maximum Gasteiger partial charge on any atom is 0.282 e. The molecule has 4 nitrogen and oxygen atoms in total. The van der Waals surface area contributed by atoms with Gasteiger partial charge in [0.2, 0.25) is 5.91 Å². The van der Waals surface area contributed by atoms with Gasteiger partial charge in [0.05, 0.1) is 0 Å². The highest BCUT2D eigenvalue weighted by atomic mass is 19.1. The van der Waals surface area contributed by atoms with Gasteiger partial charge >= 0.3 is 0 Å². The van der Waals surface area contributed by atoms with Crippen LogP contribution in [0, 0.1) is 40.3 Å². The summed E-state index contributed by atoms with van der Waals surface area (Å²) < 4.78 is 27.8. The van der Waals surface area contributed by atoms with E-state index in [1.54, 1.807) is 30.2 Å². The highest BCUT2D eigenvalue weighted by Gasteiger charge is 2.62. The summed E-state index contributed by atoms with van der Waals surface area (Å²) in [5, 5.41) is 3.00. The van der Waals surface area contributed by atoms with E-state index in [9.17, 15) is 18.4 Å². The minimum absolute atomic E-state index is 0.0221. The third-order valence-electron chi connectivity index (χ3n) is 9.59.